The van der Waals surface area contributed by atoms with Crippen molar-refractivity contribution in [2.24, 2.45) is 0 Å². The first-order chi connectivity index (χ1) is 9.72. The second-order valence-electron chi connectivity index (χ2n) is 6.32. The molecule has 0 saturated carbocycles. The van der Waals surface area contributed by atoms with Crippen molar-refractivity contribution in [2.75, 3.05) is 32.8 Å². The van der Waals surface area contributed by atoms with Gasteiger partial charge in [0.1, 0.15) is 11.6 Å². The van der Waals surface area contributed by atoms with Crippen LogP contribution in [-0.2, 0) is 24.5 Å². The Hall–Kier alpha value is -0.700. The van der Waals surface area contributed by atoms with Crippen molar-refractivity contribution in [2.45, 2.75) is 45.3 Å². The smallest absolute Gasteiger partial charge is 0.325 e. The summed E-state index contributed by atoms with van der Waals surface area (Å²) in [4.78, 5) is 12.2. The molecule has 122 valence electrons. The van der Waals surface area contributed by atoms with Crippen LogP contribution < -0.4 is 0 Å². The van der Waals surface area contributed by atoms with E-state index in [-0.39, 0.29) is 0 Å². The average molecular weight is 320 g/mol. The SMILES string of the molecule is CC(C)(C)OC(=O)C1CCCN1S(=O)(=O)N1CCOCC1. The maximum atomic E-state index is 12.7. The summed E-state index contributed by atoms with van der Waals surface area (Å²) in [6.45, 7) is 7.15. The highest BCUT2D eigenvalue weighted by Gasteiger charge is 2.43. The van der Waals surface area contributed by atoms with E-state index in [9.17, 15) is 13.2 Å². The number of carbonyl (C=O) groups excluding carboxylic acids is 1. The normalized spacial score (nSPS) is 26.0. The monoisotopic (exact) mass is 320 g/mol. The van der Waals surface area contributed by atoms with Gasteiger partial charge in [0.25, 0.3) is 10.2 Å². The minimum absolute atomic E-state index is 0.333. The van der Waals surface area contributed by atoms with Crippen LogP contribution in [0.4, 0.5) is 0 Å². The fourth-order valence-corrected chi connectivity index (χ4v) is 4.33. The Morgan fingerprint density at radius 1 is 1.19 bits per heavy atom. The molecule has 2 rings (SSSR count). The van der Waals surface area contributed by atoms with Crippen molar-refractivity contribution in [1.29, 1.82) is 0 Å². The maximum absolute atomic E-state index is 12.7. The minimum atomic E-state index is -3.63. The molecule has 0 spiro atoms. The van der Waals surface area contributed by atoms with Gasteiger partial charge in [-0.25, -0.2) is 0 Å². The van der Waals surface area contributed by atoms with Crippen LogP contribution in [0, 0.1) is 0 Å². The third-order valence-electron chi connectivity index (χ3n) is 3.48. The molecule has 0 aromatic heterocycles. The number of nitrogens with zero attached hydrogens (tertiary/aromatic N) is 2. The molecule has 0 aliphatic carbocycles. The second kappa shape index (κ2) is 6.20. The molecular formula is C13H24N2O5S. The Morgan fingerprint density at radius 3 is 2.38 bits per heavy atom. The van der Waals surface area contributed by atoms with Gasteiger partial charge in [0.15, 0.2) is 0 Å². The summed E-state index contributed by atoms with van der Waals surface area (Å²) in [5.41, 5.74) is -0.617. The van der Waals surface area contributed by atoms with E-state index in [4.69, 9.17) is 9.47 Å². The predicted octanol–water partition coefficient (Wildman–Crippen LogP) is 0.370. The Balaban J connectivity index is 2.12. The number of hydrogen-bond acceptors (Lipinski definition) is 5. The predicted molar refractivity (Wildman–Crippen MR) is 76.9 cm³/mol. The van der Waals surface area contributed by atoms with Crippen molar-refractivity contribution in [3.63, 3.8) is 0 Å². The first-order valence-corrected chi connectivity index (χ1v) is 8.69. The quantitative estimate of drug-likeness (QED) is 0.702. The molecule has 8 heteroatoms. The molecule has 1 unspecified atom stereocenters. The highest BCUT2D eigenvalue weighted by Crippen LogP contribution is 2.26. The summed E-state index contributed by atoms with van der Waals surface area (Å²) in [7, 11) is -3.63. The van der Waals surface area contributed by atoms with Crippen LogP contribution >= 0.6 is 0 Å². The highest BCUT2D eigenvalue weighted by molar-refractivity contribution is 7.86. The van der Waals surface area contributed by atoms with Gasteiger partial charge in [-0.2, -0.15) is 17.0 Å². The van der Waals surface area contributed by atoms with E-state index in [1.807, 2.05) is 0 Å². The topological polar surface area (TPSA) is 76.2 Å². The third-order valence-corrected chi connectivity index (χ3v) is 5.52. The van der Waals surface area contributed by atoms with Crippen LogP contribution in [0.25, 0.3) is 0 Å². The van der Waals surface area contributed by atoms with Crippen LogP contribution in [0.2, 0.25) is 0 Å². The Kier molecular flexibility index (Phi) is 4.92. The van der Waals surface area contributed by atoms with E-state index < -0.39 is 27.8 Å². The van der Waals surface area contributed by atoms with Gasteiger partial charge < -0.3 is 9.47 Å². The zero-order valence-corrected chi connectivity index (χ0v) is 13.7. The van der Waals surface area contributed by atoms with Gasteiger partial charge in [0.2, 0.25) is 0 Å². The van der Waals surface area contributed by atoms with E-state index in [1.165, 1.54) is 8.61 Å². The van der Waals surface area contributed by atoms with E-state index in [0.717, 1.165) is 0 Å². The largest absolute Gasteiger partial charge is 0.459 e. The van der Waals surface area contributed by atoms with Gasteiger partial charge in [-0.15, -0.1) is 0 Å². The molecule has 0 N–H and O–H groups in total. The fraction of sp³-hybridized carbons (Fsp3) is 0.923. The van der Waals surface area contributed by atoms with Crippen LogP contribution in [0.15, 0.2) is 0 Å². The molecule has 7 nitrogen and oxygen atoms in total. The Bertz CT molecular complexity index is 479. The molecule has 1 atom stereocenters. The second-order valence-corrected chi connectivity index (χ2v) is 8.20. The molecule has 21 heavy (non-hydrogen) atoms. The minimum Gasteiger partial charge on any atom is -0.459 e. The van der Waals surface area contributed by atoms with Crippen LogP contribution in [0.1, 0.15) is 33.6 Å². The third kappa shape index (κ3) is 3.94. The van der Waals surface area contributed by atoms with Crippen LogP contribution in [0.5, 0.6) is 0 Å². The van der Waals surface area contributed by atoms with Gasteiger partial charge in [0.05, 0.1) is 13.2 Å². The molecular weight excluding hydrogens is 296 g/mol. The fourth-order valence-electron chi connectivity index (χ4n) is 2.55. The van der Waals surface area contributed by atoms with Gasteiger partial charge >= 0.3 is 5.97 Å². The van der Waals surface area contributed by atoms with E-state index in [0.29, 0.717) is 45.7 Å². The first-order valence-electron chi connectivity index (χ1n) is 7.29. The van der Waals surface area contributed by atoms with Crippen LogP contribution in [0.3, 0.4) is 0 Å². The molecule has 0 aromatic rings. The van der Waals surface area contributed by atoms with Gasteiger partial charge in [-0.3, -0.25) is 4.79 Å². The van der Waals surface area contributed by atoms with Crippen molar-refractivity contribution < 1.29 is 22.7 Å². The molecule has 2 aliphatic rings. The van der Waals surface area contributed by atoms with Crippen molar-refractivity contribution in [3.8, 4) is 0 Å². The number of rotatable bonds is 3. The number of esters is 1. The van der Waals surface area contributed by atoms with Crippen molar-refractivity contribution >= 4 is 16.2 Å². The first kappa shape index (κ1) is 16.7. The molecule has 0 aromatic carbocycles. The number of ether oxygens (including phenoxy) is 2. The summed E-state index contributed by atoms with van der Waals surface area (Å²) in [6.07, 6.45) is 1.19. The summed E-state index contributed by atoms with van der Waals surface area (Å²) in [5, 5.41) is 0. The highest BCUT2D eigenvalue weighted by atomic mass is 32.2. The maximum Gasteiger partial charge on any atom is 0.325 e. The zero-order valence-electron chi connectivity index (χ0n) is 12.9. The van der Waals surface area contributed by atoms with Crippen molar-refractivity contribution in [3.05, 3.63) is 0 Å². The lowest BCUT2D eigenvalue weighted by molar-refractivity contribution is -0.158. The van der Waals surface area contributed by atoms with Gasteiger partial charge in [-0.05, 0) is 33.6 Å². The number of hydrogen-bond donors (Lipinski definition) is 0. The molecule has 0 amide bonds. The number of carbonyl (C=O) groups is 1. The lowest BCUT2D eigenvalue weighted by atomic mass is 10.2. The van der Waals surface area contributed by atoms with Gasteiger partial charge in [0, 0.05) is 19.6 Å². The molecule has 2 fully saturated rings. The van der Waals surface area contributed by atoms with E-state index in [1.54, 1.807) is 20.8 Å². The summed E-state index contributed by atoms with van der Waals surface area (Å²) in [5.74, 6) is -0.461. The summed E-state index contributed by atoms with van der Waals surface area (Å²) < 4.78 is 38.5. The Labute approximate surface area is 126 Å². The number of morpholine rings is 1. The molecule has 0 bridgehead atoms. The van der Waals surface area contributed by atoms with Crippen LogP contribution in [-0.4, -0.2) is 67.5 Å². The average Bonchev–Trinajstić information content (AvgIpc) is 2.88. The Morgan fingerprint density at radius 2 is 1.81 bits per heavy atom. The molecule has 2 heterocycles. The zero-order chi connectivity index (χ0) is 15.7. The summed E-state index contributed by atoms with van der Waals surface area (Å²) in [6, 6.07) is -0.711. The van der Waals surface area contributed by atoms with E-state index in [2.05, 4.69) is 0 Å². The summed E-state index contributed by atoms with van der Waals surface area (Å²) >= 11 is 0. The lowest BCUT2D eigenvalue weighted by Gasteiger charge is -2.33. The lowest BCUT2D eigenvalue weighted by Crippen LogP contribution is -2.52. The van der Waals surface area contributed by atoms with Gasteiger partial charge in [-0.1, -0.05) is 0 Å². The molecule has 0 radical (unpaired) electrons. The van der Waals surface area contributed by atoms with Crippen molar-refractivity contribution in [1.82, 2.24) is 8.61 Å². The molecule has 2 saturated heterocycles. The molecule has 2 aliphatic heterocycles. The standard InChI is InChI=1S/C13H24N2O5S/c1-13(2,3)20-12(16)11-5-4-6-15(11)21(17,18)14-7-9-19-10-8-14/h11H,4-10H2,1-3H3. The van der Waals surface area contributed by atoms with E-state index >= 15 is 0 Å².